The third-order valence-electron chi connectivity index (χ3n) is 4.29. The highest BCUT2D eigenvalue weighted by Crippen LogP contribution is 2.44. The van der Waals surface area contributed by atoms with Crippen molar-refractivity contribution in [3.05, 3.63) is 59.2 Å². The second-order valence-electron chi connectivity index (χ2n) is 6.04. The summed E-state index contributed by atoms with van der Waals surface area (Å²) in [4.78, 5) is 11.3. The number of para-hydroxylation sites is 1. The van der Waals surface area contributed by atoms with Gasteiger partial charge in [-0.3, -0.25) is 9.52 Å². The van der Waals surface area contributed by atoms with Crippen molar-refractivity contribution in [1.82, 2.24) is 4.72 Å². The lowest BCUT2D eigenvalue weighted by atomic mass is 10.1. The predicted octanol–water partition coefficient (Wildman–Crippen LogP) is 7.51. The van der Waals surface area contributed by atoms with Gasteiger partial charge in [0.15, 0.2) is 6.10 Å². The maximum atomic E-state index is 13.1. The molecule has 0 aliphatic carbocycles. The molecule has 2 unspecified atom stereocenters. The topological polar surface area (TPSA) is 47.6 Å². The molecule has 2 heterocycles. The number of fused-ring (bicyclic) bond motifs is 1. The van der Waals surface area contributed by atoms with E-state index in [9.17, 15) is 18.0 Å². The Morgan fingerprint density at radius 2 is 1.62 bits per heavy atom. The third kappa shape index (κ3) is 6.82. The van der Waals surface area contributed by atoms with E-state index in [1.165, 1.54) is 18.0 Å². The Morgan fingerprint density at radius 3 is 2.16 bits per heavy atom. The summed E-state index contributed by atoms with van der Waals surface area (Å²) in [6, 6.07) is 11.2. The SMILES string of the molecule is CC.CC.CC.O=C1CC(c2ccc(OC3COc4c3cccc4C(F)(F)F)cc2)SN1. The minimum absolute atomic E-state index is 0.000469. The van der Waals surface area contributed by atoms with E-state index < -0.39 is 17.8 Å². The molecule has 1 saturated heterocycles. The monoisotopic (exact) mass is 471 g/mol. The molecule has 2 atom stereocenters. The lowest BCUT2D eigenvalue weighted by Crippen LogP contribution is -2.08. The highest BCUT2D eigenvalue weighted by atomic mass is 32.2. The fraction of sp³-hybridized carbons (Fsp3) is 0.458. The molecule has 2 aromatic carbocycles. The summed E-state index contributed by atoms with van der Waals surface area (Å²) in [6.07, 6.45) is -4.64. The molecule has 0 spiro atoms. The Balaban J connectivity index is 0.000000789. The second kappa shape index (κ2) is 13.3. The van der Waals surface area contributed by atoms with Crippen LogP contribution < -0.4 is 14.2 Å². The number of alkyl halides is 3. The van der Waals surface area contributed by atoms with Crippen molar-refractivity contribution in [2.24, 2.45) is 0 Å². The van der Waals surface area contributed by atoms with Crippen LogP contribution in [0.1, 0.15) is 76.0 Å². The minimum Gasteiger partial charge on any atom is -0.488 e. The van der Waals surface area contributed by atoms with Crippen LogP contribution in [0.2, 0.25) is 0 Å². The molecule has 0 radical (unpaired) electrons. The fourth-order valence-electron chi connectivity index (χ4n) is 3.04. The average Bonchev–Trinajstić information content (AvgIpc) is 3.44. The van der Waals surface area contributed by atoms with E-state index in [0.717, 1.165) is 11.6 Å². The Morgan fingerprint density at radius 1 is 1.00 bits per heavy atom. The molecular formula is C24H32F3NO3S. The highest BCUT2D eigenvalue weighted by Gasteiger charge is 2.39. The second-order valence-corrected chi connectivity index (χ2v) is 7.05. The zero-order chi connectivity index (χ0) is 24.3. The lowest BCUT2D eigenvalue weighted by Gasteiger charge is -2.14. The number of nitrogens with one attached hydrogen (secondary N) is 1. The van der Waals surface area contributed by atoms with E-state index in [0.29, 0.717) is 17.7 Å². The van der Waals surface area contributed by atoms with Crippen molar-refractivity contribution in [1.29, 1.82) is 0 Å². The molecule has 4 rings (SSSR count). The first kappa shape index (κ1) is 27.7. The molecule has 0 bridgehead atoms. The highest BCUT2D eigenvalue weighted by molar-refractivity contribution is 7.98. The first-order valence-electron chi connectivity index (χ1n) is 11.0. The molecule has 0 aromatic heterocycles. The summed E-state index contributed by atoms with van der Waals surface area (Å²) >= 11 is 1.37. The van der Waals surface area contributed by atoms with Gasteiger partial charge in [-0.05, 0) is 35.7 Å². The minimum atomic E-state index is -4.47. The number of benzene rings is 2. The Kier molecular flexibility index (Phi) is 11.5. The first-order chi connectivity index (χ1) is 15.4. The van der Waals surface area contributed by atoms with Crippen molar-refractivity contribution in [2.45, 2.75) is 65.5 Å². The molecule has 1 fully saturated rings. The summed E-state index contributed by atoms with van der Waals surface area (Å²) in [6.45, 7) is 12.0. The van der Waals surface area contributed by atoms with Crippen LogP contribution in [0.15, 0.2) is 42.5 Å². The van der Waals surface area contributed by atoms with E-state index in [1.54, 1.807) is 18.2 Å². The van der Waals surface area contributed by atoms with Gasteiger partial charge in [-0.15, -0.1) is 0 Å². The van der Waals surface area contributed by atoms with Crippen molar-refractivity contribution < 1.29 is 27.4 Å². The molecule has 2 aliphatic heterocycles. The van der Waals surface area contributed by atoms with Crippen molar-refractivity contribution in [3.63, 3.8) is 0 Å². The normalized spacial score (nSPS) is 18.3. The van der Waals surface area contributed by atoms with Gasteiger partial charge in [0.05, 0.1) is 10.8 Å². The van der Waals surface area contributed by atoms with E-state index in [2.05, 4.69) is 4.72 Å². The number of rotatable bonds is 3. The lowest BCUT2D eigenvalue weighted by molar-refractivity contribution is -0.138. The molecule has 32 heavy (non-hydrogen) atoms. The van der Waals surface area contributed by atoms with Gasteiger partial charge < -0.3 is 9.47 Å². The van der Waals surface area contributed by atoms with Crippen molar-refractivity contribution >= 4 is 17.9 Å². The zero-order valence-electron chi connectivity index (χ0n) is 19.4. The van der Waals surface area contributed by atoms with Crippen LogP contribution in [-0.4, -0.2) is 12.5 Å². The number of hydrogen-bond acceptors (Lipinski definition) is 4. The van der Waals surface area contributed by atoms with E-state index in [4.69, 9.17) is 9.47 Å². The molecule has 178 valence electrons. The molecular weight excluding hydrogens is 439 g/mol. The molecule has 2 aromatic rings. The van der Waals surface area contributed by atoms with E-state index in [-0.39, 0.29) is 23.5 Å². The van der Waals surface area contributed by atoms with Crippen molar-refractivity contribution in [2.75, 3.05) is 6.61 Å². The Labute approximate surface area is 193 Å². The molecule has 1 N–H and O–H groups in total. The molecule has 2 aliphatic rings. The number of ether oxygens (including phenoxy) is 2. The molecule has 4 nitrogen and oxygen atoms in total. The molecule has 8 heteroatoms. The number of amides is 1. The first-order valence-corrected chi connectivity index (χ1v) is 11.8. The Hall–Kier alpha value is -2.35. The van der Waals surface area contributed by atoms with Gasteiger partial charge in [0.1, 0.15) is 18.1 Å². The van der Waals surface area contributed by atoms with E-state index in [1.807, 2.05) is 53.7 Å². The smallest absolute Gasteiger partial charge is 0.419 e. The van der Waals surface area contributed by atoms with Crippen LogP contribution >= 0.6 is 11.9 Å². The maximum absolute atomic E-state index is 13.1. The van der Waals surface area contributed by atoms with Gasteiger partial charge in [0, 0.05) is 12.0 Å². The number of halogens is 3. The van der Waals surface area contributed by atoms with Gasteiger partial charge in [0.25, 0.3) is 0 Å². The number of carbonyl (C=O) groups is 1. The van der Waals surface area contributed by atoms with Crippen LogP contribution in [0.25, 0.3) is 0 Å². The summed E-state index contributed by atoms with van der Waals surface area (Å²) in [7, 11) is 0. The number of carbonyl (C=O) groups excluding carboxylic acids is 1. The van der Waals surface area contributed by atoms with Crippen LogP contribution in [0.5, 0.6) is 11.5 Å². The van der Waals surface area contributed by atoms with Gasteiger partial charge in [-0.25, -0.2) is 0 Å². The van der Waals surface area contributed by atoms with Gasteiger partial charge in [-0.2, -0.15) is 13.2 Å². The molecule has 1 amide bonds. The van der Waals surface area contributed by atoms with Crippen molar-refractivity contribution in [3.8, 4) is 11.5 Å². The van der Waals surface area contributed by atoms with Crippen LogP contribution in [0, 0.1) is 0 Å². The number of hydrogen-bond donors (Lipinski definition) is 1. The van der Waals surface area contributed by atoms with Crippen LogP contribution in [0.4, 0.5) is 13.2 Å². The standard InChI is InChI=1S/C18H14F3NO3S.3C2H6/c19-18(20,21)13-3-1-2-12-14(9-24-17(12)13)25-11-6-4-10(5-7-11)15-8-16(23)22-26-15;3*1-2/h1-7,14-15H,8-9H2,(H,22,23);3*1-2H3. The summed E-state index contributed by atoms with van der Waals surface area (Å²) in [5.74, 6) is 0.379. The quantitative estimate of drug-likeness (QED) is 0.471. The van der Waals surface area contributed by atoms with Gasteiger partial charge in [-0.1, -0.05) is 65.8 Å². The summed E-state index contributed by atoms with van der Waals surface area (Å²) < 4.78 is 53.0. The average molecular weight is 472 g/mol. The van der Waals surface area contributed by atoms with Gasteiger partial charge in [0.2, 0.25) is 5.91 Å². The van der Waals surface area contributed by atoms with Crippen LogP contribution in [-0.2, 0) is 11.0 Å². The van der Waals surface area contributed by atoms with Gasteiger partial charge >= 0.3 is 6.18 Å². The third-order valence-corrected chi connectivity index (χ3v) is 5.36. The fourth-order valence-corrected chi connectivity index (χ4v) is 3.92. The Bertz CT molecular complexity index is 841. The zero-order valence-corrected chi connectivity index (χ0v) is 20.2. The summed E-state index contributed by atoms with van der Waals surface area (Å²) in [5, 5.41) is 0.0569. The van der Waals surface area contributed by atoms with Crippen LogP contribution in [0.3, 0.4) is 0 Å². The molecule has 0 saturated carbocycles. The largest absolute Gasteiger partial charge is 0.488 e. The predicted molar refractivity (Wildman–Crippen MR) is 124 cm³/mol. The summed E-state index contributed by atoms with van der Waals surface area (Å²) in [5.41, 5.74) is 0.597. The van der Waals surface area contributed by atoms with E-state index >= 15 is 0 Å². The maximum Gasteiger partial charge on any atom is 0.419 e.